The molecule has 2 aromatic carbocycles. The third-order valence-electron chi connectivity index (χ3n) is 4.13. The lowest BCUT2D eigenvalue weighted by Gasteiger charge is -2.27. The van der Waals surface area contributed by atoms with Crippen molar-refractivity contribution in [1.82, 2.24) is 4.90 Å². The molecule has 7 heteroatoms. The number of amides is 2. The number of nitrogens with one attached hydrogen (secondary N) is 1. The van der Waals surface area contributed by atoms with Gasteiger partial charge in [-0.15, -0.1) is 11.8 Å². The molecule has 1 aliphatic rings. The van der Waals surface area contributed by atoms with E-state index in [1.165, 1.54) is 18.9 Å². The van der Waals surface area contributed by atoms with Crippen molar-refractivity contribution < 1.29 is 19.1 Å². The number of morpholine rings is 1. The Morgan fingerprint density at radius 1 is 1.15 bits per heavy atom. The summed E-state index contributed by atoms with van der Waals surface area (Å²) in [5.74, 6) is 0.564. The second-order valence-corrected chi connectivity index (χ2v) is 7.02. The van der Waals surface area contributed by atoms with Gasteiger partial charge in [-0.2, -0.15) is 0 Å². The van der Waals surface area contributed by atoms with Crippen LogP contribution in [0, 0.1) is 0 Å². The van der Waals surface area contributed by atoms with Crippen molar-refractivity contribution >= 4 is 29.3 Å². The number of nitrogens with zero attached hydrogens (tertiary/aromatic N) is 1. The average Bonchev–Trinajstić information content (AvgIpc) is 2.73. The number of hydrogen-bond donors (Lipinski definition) is 1. The highest BCUT2D eigenvalue weighted by Crippen LogP contribution is 2.27. The molecule has 1 N–H and O–H groups in total. The zero-order chi connectivity index (χ0) is 19.1. The van der Waals surface area contributed by atoms with Crippen LogP contribution in [0.25, 0.3) is 0 Å². The summed E-state index contributed by atoms with van der Waals surface area (Å²) in [4.78, 5) is 27.8. The zero-order valence-electron chi connectivity index (χ0n) is 15.1. The van der Waals surface area contributed by atoms with Crippen LogP contribution in [0.5, 0.6) is 5.75 Å². The largest absolute Gasteiger partial charge is 0.495 e. The van der Waals surface area contributed by atoms with E-state index in [1.54, 1.807) is 23.1 Å². The van der Waals surface area contributed by atoms with Crippen LogP contribution in [0.3, 0.4) is 0 Å². The van der Waals surface area contributed by atoms with Crippen molar-refractivity contribution in [2.75, 3.05) is 44.5 Å². The van der Waals surface area contributed by atoms with Crippen molar-refractivity contribution in [2.24, 2.45) is 0 Å². The number of rotatable bonds is 6. The average molecular weight is 386 g/mol. The zero-order valence-corrected chi connectivity index (χ0v) is 16.0. The molecule has 2 aromatic rings. The summed E-state index contributed by atoms with van der Waals surface area (Å²) in [7, 11) is 1.53. The number of anilines is 1. The van der Waals surface area contributed by atoms with E-state index in [1.807, 2.05) is 30.3 Å². The van der Waals surface area contributed by atoms with E-state index >= 15 is 0 Å². The first-order valence-electron chi connectivity index (χ1n) is 8.70. The molecule has 0 aliphatic carbocycles. The fraction of sp³-hybridized carbons (Fsp3) is 0.300. The molecule has 1 aliphatic heterocycles. The third kappa shape index (κ3) is 5.24. The van der Waals surface area contributed by atoms with Crippen LogP contribution in [-0.4, -0.2) is 55.9 Å². The van der Waals surface area contributed by atoms with Crippen molar-refractivity contribution in [2.45, 2.75) is 4.90 Å². The molecule has 0 aromatic heterocycles. The maximum atomic E-state index is 12.7. The maximum absolute atomic E-state index is 12.7. The van der Waals surface area contributed by atoms with Crippen LogP contribution in [0.15, 0.2) is 53.4 Å². The van der Waals surface area contributed by atoms with E-state index in [0.717, 1.165) is 4.90 Å². The summed E-state index contributed by atoms with van der Waals surface area (Å²) < 4.78 is 10.6. The molecule has 142 valence electrons. The lowest BCUT2D eigenvalue weighted by molar-refractivity contribution is -0.113. The third-order valence-corrected chi connectivity index (χ3v) is 5.14. The van der Waals surface area contributed by atoms with Gasteiger partial charge in [-0.1, -0.05) is 18.2 Å². The standard InChI is InChI=1S/C20H22N2O4S/c1-25-18-8-7-15(20(24)22-9-11-26-12-10-22)13-17(18)21-19(23)14-27-16-5-3-2-4-6-16/h2-8,13H,9-12,14H2,1H3,(H,21,23). The second kappa shape index (κ2) is 9.43. The van der Waals surface area contributed by atoms with E-state index in [-0.39, 0.29) is 17.6 Å². The number of benzene rings is 2. The highest BCUT2D eigenvalue weighted by molar-refractivity contribution is 8.00. The Labute approximate surface area is 162 Å². The first-order chi connectivity index (χ1) is 13.2. The number of hydrogen-bond acceptors (Lipinski definition) is 5. The summed E-state index contributed by atoms with van der Waals surface area (Å²) in [6.07, 6.45) is 0. The van der Waals surface area contributed by atoms with Gasteiger partial charge in [0.1, 0.15) is 5.75 Å². The first kappa shape index (κ1) is 19.3. The number of carbonyl (C=O) groups excluding carboxylic acids is 2. The fourth-order valence-corrected chi connectivity index (χ4v) is 3.46. The molecule has 1 heterocycles. The minimum absolute atomic E-state index is 0.0740. The maximum Gasteiger partial charge on any atom is 0.254 e. The first-order valence-corrected chi connectivity index (χ1v) is 9.68. The molecule has 1 fully saturated rings. The minimum atomic E-state index is -0.155. The molecule has 27 heavy (non-hydrogen) atoms. The Bertz CT molecular complexity index is 792. The van der Waals surface area contributed by atoms with Crippen LogP contribution in [0.2, 0.25) is 0 Å². The van der Waals surface area contributed by atoms with Crippen molar-refractivity contribution in [1.29, 1.82) is 0 Å². The van der Waals surface area contributed by atoms with E-state index in [2.05, 4.69) is 5.32 Å². The Kier molecular flexibility index (Phi) is 6.73. The van der Waals surface area contributed by atoms with Gasteiger partial charge in [0, 0.05) is 23.5 Å². The predicted molar refractivity (Wildman–Crippen MR) is 106 cm³/mol. The van der Waals surface area contributed by atoms with Crippen LogP contribution in [-0.2, 0) is 9.53 Å². The van der Waals surface area contributed by atoms with E-state index in [9.17, 15) is 9.59 Å². The quantitative estimate of drug-likeness (QED) is 0.773. The second-order valence-electron chi connectivity index (χ2n) is 5.97. The molecule has 6 nitrogen and oxygen atoms in total. The molecule has 0 saturated carbocycles. The summed E-state index contributed by atoms with van der Waals surface area (Å²) in [6, 6.07) is 14.8. The lowest BCUT2D eigenvalue weighted by atomic mass is 10.1. The van der Waals surface area contributed by atoms with Gasteiger partial charge in [0.2, 0.25) is 5.91 Å². The molecule has 2 amide bonds. The van der Waals surface area contributed by atoms with E-state index in [4.69, 9.17) is 9.47 Å². The molecule has 0 bridgehead atoms. The monoisotopic (exact) mass is 386 g/mol. The van der Waals surface area contributed by atoms with Crippen LogP contribution in [0.4, 0.5) is 5.69 Å². The molecule has 1 saturated heterocycles. The van der Waals surface area contributed by atoms with E-state index in [0.29, 0.717) is 43.3 Å². The number of thioether (sulfide) groups is 1. The van der Waals surface area contributed by atoms with Crippen LogP contribution in [0.1, 0.15) is 10.4 Å². The van der Waals surface area contributed by atoms with Gasteiger partial charge in [0.15, 0.2) is 0 Å². The van der Waals surface area contributed by atoms with Gasteiger partial charge in [0.05, 0.1) is 31.8 Å². The van der Waals surface area contributed by atoms with Crippen molar-refractivity contribution in [3.8, 4) is 5.75 Å². The molecule has 0 radical (unpaired) electrons. The molecule has 3 rings (SSSR count). The highest BCUT2D eigenvalue weighted by atomic mass is 32.2. The van der Waals surface area contributed by atoms with Crippen molar-refractivity contribution in [3.05, 3.63) is 54.1 Å². The SMILES string of the molecule is COc1ccc(C(=O)N2CCOCC2)cc1NC(=O)CSc1ccccc1. The number of carbonyl (C=O) groups is 2. The van der Waals surface area contributed by atoms with Gasteiger partial charge in [0.25, 0.3) is 5.91 Å². The Morgan fingerprint density at radius 3 is 2.59 bits per heavy atom. The molecule has 0 unspecified atom stereocenters. The summed E-state index contributed by atoms with van der Waals surface area (Å²) in [6.45, 7) is 2.23. The summed E-state index contributed by atoms with van der Waals surface area (Å²) in [5.41, 5.74) is 1.01. The fourth-order valence-electron chi connectivity index (χ4n) is 2.74. The summed E-state index contributed by atoms with van der Waals surface area (Å²) >= 11 is 1.45. The van der Waals surface area contributed by atoms with Crippen molar-refractivity contribution in [3.63, 3.8) is 0 Å². The Balaban J connectivity index is 1.67. The highest BCUT2D eigenvalue weighted by Gasteiger charge is 2.20. The Hall–Kier alpha value is -2.51. The summed E-state index contributed by atoms with van der Waals surface area (Å²) in [5, 5.41) is 2.85. The van der Waals surface area contributed by atoms with Gasteiger partial charge < -0.3 is 19.7 Å². The lowest BCUT2D eigenvalue weighted by Crippen LogP contribution is -2.40. The van der Waals surface area contributed by atoms with Gasteiger partial charge in [-0.25, -0.2) is 0 Å². The van der Waals surface area contributed by atoms with Gasteiger partial charge in [-0.3, -0.25) is 9.59 Å². The van der Waals surface area contributed by atoms with Gasteiger partial charge >= 0.3 is 0 Å². The molecular formula is C20H22N2O4S. The van der Waals surface area contributed by atoms with E-state index < -0.39 is 0 Å². The van der Waals surface area contributed by atoms with Crippen LogP contribution < -0.4 is 10.1 Å². The Morgan fingerprint density at radius 2 is 1.89 bits per heavy atom. The van der Waals surface area contributed by atoms with Gasteiger partial charge in [-0.05, 0) is 30.3 Å². The predicted octanol–water partition coefficient (Wildman–Crippen LogP) is 2.90. The van der Waals surface area contributed by atoms with Crippen LogP contribution >= 0.6 is 11.8 Å². The minimum Gasteiger partial charge on any atom is -0.495 e. The smallest absolute Gasteiger partial charge is 0.254 e. The normalized spacial score (nSPS) is 13.9. The number of ether oxygens (including phenoxy) is 2. The topological polar surface area (TPSA) is 67.9 Å². The molecule has 0 atom stereocenters. The molecule has 0 spiro atoms. The molecular weight excluding hydrogens is 364 g/mol. The number of methoxy groups -OCH3 is 1.